The van der Waals surface area contributed by atoms with Crippen LogP contribution in [0.3, 0.4) is 0 Å². The fourth-order valence-electron chi connectivity index (χ4n) is 3.94. The van der Waals surface area contributed by atoms with Gasteiger partial charge in [0, 0.05) is 26.2 Å². The van der Waals surface area contributed by atoms with Crippen LogP contribution in [-0.4, -0.2) is 71.5 Å². The number of aryl methyl sites for hydroxylation is 2. The van der Waals surface area contributed by atoms with Crippen LogP contribution in [0.1, 0.15) is 37.1 Å². The van der Waals surface area contributed by atoms with Crippen LogP contribution in [0.2, 0.25) is 0 Å². The van der Waals surface area contributed by atoms with Gasteiger partial charge in [0.2, 0.25) is 11.8 Å². The molecule has 134 valence electrons. The van der Waals surface area contributed by atoms with Crippen molar-refractivity contribution in [3.8, 4) is 5.88 Å². The molecule has 1 amide bonds. The molecule has 0 aromatic carbocycles. The number of morpholine rings is 1. The molecule has 2 aliphatic rings. The van der Waals surface area contributed by atoms with Crippen molar-refractivity contribution in [2.45, 2.75) is 38.8 Å². The van der Waals surface area contributed by atoms with Gasteiger partial charge in [-0.05, 0) is 33.2 Å². The number of amides is 1. The molecule has 0 radical (unpaired) electrons. The van der Waals surface area contributed by atoms with Crippen LogP contribution in [0.5, 0.6) is 5.88 Å². The molecule has 1 aromatic rings. The molecule has 3 rings (SSSR count). The van der Waals surface area contributed by atoms with E-state index in [1.54, 1.807) is 11.8 Å². The summed E-state index contributed by atoms with van der Waals surface area (Å²) < 4.78 is 12.9. The molecular formula is C17H28N4O3. The molecule has 0 saturated carbocycles. The van der Waals surface area contributed by atoms with Gasteiger partial charge in [-0.25, -0.2) is 4.68 Å². The van der Waals surface area contributed by atoms with Crippen LogP contribution in [0, 0.1) is 6.92 Å². The molecule has 0 N–H and O–H groups in total. The van der Waals surface area contributed by atoms with E-state index in [0.29, 0.717) is 26.2 Å². The summed E-state index contributed by atoms with van der Waals surface area (Å²) in [6.07, 6.45) is 2.25. The van der Waals surface area contributed by atoms with Crippen LogP contribution in [-0.2, 0) is 16.6 Å². The van der Waals surface area contributed by atoms with Gasteiger partial charge >= 0.3 is 0 Å². The average Bonchev–Trinajstić information content (AvgIpc) is 3.10. The van der Waals surface area contributed by atoms with Gasteiger partial charge in [-0.3, -0.25) is 9.69 Å². The lowest BCUT2D eigenvalue weighted by Gasteiger charge is -2.33. The fourth-order valence-corrected chi connectivity index (χ4v) is 3.94. The second-order valence-corrected chi connectivity index (χ2v) is 6.78. The van der Waals surface area contributed by atoms with Gasteiger partial charge in [-0.1, -0.05) is 0 Å². The number of carbonyl (C=O) groups excluding carboxylic acids is 1. The Kier molecular flexibility index (Phi) is 5.10. The van der Waals surface area contributed by atoms with Gasteiger partial charge in [-0.15, -0.1) is 0 Å². The van der Waals surface area contributed by atoms with Gasteiger partial charge in [0.1, 0.15) is 0 Å². The minimum atomic E-state index is 0.123. The highest BCUT2D eigenvalue weighted by Gasteiger charge is 2.34. The summed E-state index contributed by atoms with van der Waals surface area (Å²) in [6, 6.07) is 0.205. The molecule has 2 saturated heterocycles. The Morgan fingerprint density at radius 3 is 2.92 bits per heavy atom. The Labute approximate surface area is 143 Å². The third-order valence-corrected chi connectivity index (χ3v) is 5.04. The summed E-state index contributed by atoms with van der Waals surface area (Å²) in [7, 11) is 3.58. The van der Waals surface area contributed by atoms with Crippen LogP contribution >= 0.6 is 0 Å². The van der Waals surface area contributed by atoms with E-state index in [1.165, 1.54) is 0 Å². The van der Waals surface area contributed by atoms with Crippen molar-refractivity contribution < 1.29 is 14.3 Å². The first-order valence-electron chi connectivity index (χ1n) is 8.72. The quantitative estimate of drug-likeness (QED) is 0.825. The number of likely N-dealkylation sites (tertiary alicyclic amines) is 1. The van der Waals surface area contributed by atoms with Crippen molar-refractivity contribution in [2.24, 2.45) is 7.05 Å². The summed E-state index contributed by atoms with van der Waals surface area (Å²) >= 11 is 0. The summed E-state index contributed by atoms with van der Waals surface area (Å²) in [5, 5.41) is 4.49. The number of hydrogen-bond donors (Lipinski definition) is 0. The predicted octanol–water partition coefficient (Wildman–Crippen LogP) is 1.12. The number of rotatable bonds is 4. The molecule has 0 aliphatic carbocycles. The predicted molar refractivity (Wildman–Crippen MR) is 90.0 cm³/mol. The molecule has 2 atom stereocenters. The van der Waals surface area contributed by atoms with Crippen molar-refractivity contribution in [1.29, 1.82) is 0 Å². The number of methoxy groups -OCH3 is 1. The van der Waals surface area contributed by atoms with Gasteiger partial charge < -0.3 is 14.4 Å². The van der Waals surface area contributed by atoms with Crippen LogP contribution < -0.4 is 4.74 Å². The van der Waals surface area contributed by atoms with Gasteiger partial charge in [0.05, 0.1) is 37.6 Å². The SMILES string of the molecule is COc1c([C@@H]2CCCN2CC(=O)N2CCO[C@H](C)C2)c(C)nn1C. The van der Waals surface area contributed by atoms with Crippen molar-refractivity contribution in [1.82, 2.24) is 19.6 Å². The summed E-state index contributed by atoms with van der Waals surface area (Å²) in [6.45, 7) is 7.43. The molecule has 2 aliphatic heterocycles. The van der Waals surface area contributed by atoms with Crippen molar-refractivity contribution >= 4 is 5.91 Å². The highest BCUT2D eigenvalue weighted by Crippen LogP contribution is 2.38. The number of nitrogens with zero attached hydrogens (tertiary/aromatic N) is 4. The maximum Gasteiger partial charge on any atom is 0.236 e. The van der Waals surface area contributed by atoms with Crippen molar-refractivity contribution in [2.75, 3.05) is 39.9 Å². The average molecular weight is 336 g/mol. The zero-order chi connectivity index (χ0) is 17.3. The van der Waals surface area contributed by atoms with E-state index in [2.05, 4.69) is 10.00 Å². The number of aromatic nitrogens is 2. The maximum absolute atomic E-state index is 12.7. The molecule has 24 heavy (non-hydrogen) atoms. The molecule has 7 nitrogen and oxygen atoms in total. The van der Waals surface area contributed by atoms with E-state index in [-0.39, 0.29) is 18.1 Å². The number of ether oxygens (including phenoxy) is 2. The van der Waals surface area contributed by atoms with E-state index in [9.17, 15) is 4.79 Å². The van der Waals surface area contributed by atoms with Crippen molar-refractivity contribution in [3.05, 3.63) is 11.3 Å². The topological polar surface area (TPSA) is 59.8 Å². The molecule has 1 aromatic heterocycles. The van der Waals surface area contributed by atoms with Gasteiger partial charge in [0.15, 0.2) is 0 Å². The zero-order valence-corrected chi connectivity index (χ0v) is 15.1. The molecule has 0 bridgehead atoms. The second kappa shape index (κ2) is 7.11. The molecule has 0 spiro atoms. The molecule has 2 fully saturated rings. The molecule has 7 heteroatoms. The highest BCUT2D eigenvalue weighted by molar-refractivity contribution is 5.78. The lowest BCUT2D eigenvalue weighted by molar-refractivity contribution is -0.139. The third-order valence-electron chi connectivity index (χ3n) is 5.04. The summed E-state index contributed by atoms with van der Waals surface area (Å²) in [4.78, 5) is 16.9. The molecular weight excluding hydrogens is 308 g/mol. The monoisotopic (exact) mass is 336 g/mol. The fraction of sp³-hybridized carbons (Fsp3) is 0.765. The Hall–Kier alpha value is -1.60. The Morgan fingerprint density at radius 2 is 2.21 bits per heavy atom. The summed E-state index contributed by atoms with van der Waals surface area (Å²) in [5.41, 5.74) is 2.11. The second-order valence-electron chi connectivity index (χ2n) is 6.78. The largest absolute Gasteiger partial charge is 0.481 e. The minimum Gasteiger partial charge on any atom is -0.481 e. The zero-order valence-electron chi connectivity index (χ0n) is 15.1. The first-order valence-corrected chi connectivity index (χ1v) is 8.72. The van der Waals surface area contributed by atoms with E-state index in [4.69, 9.17) is 9.47 Å². The lowest BCUT2D eigenvalue weighted by atomic mass is 10.0. The molecule has 3 heterocycles. The standard InChI is InChI=1S/C17H28N4O3/c1-12-10-21(8-9-24-12)15(22)11-20-7-5-6-14(20)16-13(2)18-19(3)17(16)23-4/h12,14H,5-11H2,1-4H3/t12-,14+/m1/s1. The smallest absolute Gasteiger partial charge is 0.236 e. The lowest BCUT2D eigenvalue weighted by Crippen LogP contribution is -2.48. The van der Waals surface area contributed by atoms with E-state index in [1.807, 2.05) is 25.8 Å². The van der Waals surface area contributed by atoms with E-state index < -0.39 is 0 Å². The van der Waals surface area contributed by atoms with Gasteiger partial charge in [-0.2, -0.15) is 5.10 Å². The van der Waals surface area contributed by atoms with Crippen LogP contribution in [0.15, 0.2) is 0 Å². The van der Waals surface area contributed by atoms with Crippen LogP contribution in [0.4, 0.5) is 0 Å². The summed E-state index contributed by atoms with van der Waals surface area (Å²) in [5.74, 6) is 0.995. The molecule has 0 unspecified atom stereocenters. The number of hydrogen-bond acceptors (Lipinski definition) is 5. The first kappa shape index (κ1) is 17.2. The minimum absolute atomic E-state index is 0.123. The van der Waals surface area contributed by atoms with Crippen LogP contribution in [0.25, 0.3) is 0 Å². The van der Waals surface area contributed by atoms with Crippen molar-refractivity contribution in [3.63, 3.8) is 0 Å². The van der Waals surface area contributed by atoms with E-state index in [0.717, 1.165) is 36.5 Å². The Balaban J connectivity index is 1.73. The maximum atomic E-state index is 12.7. The third kappa shape index (κ3) is 3.28. The number of carbonyl (C=O) groups is 1. The highest BCUT2D eigenvalue weighted by atomic mass is 16.5. The van der Waals surface area contributed by atoms with E-state index >= 15 is 0 Å². The van der Waals surface area contributed by atoms with Gasteiger partial charge in [0.25, 0.3) is 0 Å². The Bertz CT molecular complexity index is 601. The Morgan fingerprint density at radius 1 is 1.42 bits per heavy atom. The first-order chi connectivity index (χ1) is 11.5. The normalized spacial score (nSPS) is 25.2.